The Bertz CT molecular complexity index is 1100. The summed E-state index contributed by atoms with van der Waals surface area (Å²) in [5, 5.41) is 2.99. The number of amides is 1. The maximum absolute atomic E-state index is 12.9. The van der Waals surface area contributed by atoms with Crippen molar-refractivity contribution in [1.29, 1.82) is 0 Å². The monoisotopic (exact) mass is 388 g/mol. The first kappa shape index (κ1) is 19.0. The molecule has 2 heterocycles. The minimum Gasteiger partial charge on any atom is -0.382 e. The fraction of sp³-hybridized carbons (Fsp3) is 0.217. The number of hydrogen-bond donors (Lipinski definition) is 1. The van der Waals surface area contributed by atoms with E-state index in [1.807, 2.05) is 89.1 Å². The highest BCUT2D eigenvalue weighted by molar-refractivity contribution is 6.04. The van der Waals surface area contributed by atoms with Gasteiger partial charge >= 0.3 is 0 Å². The number of anilines is 1. The summed E-state index contributed by atoms with van der Waals surface area (Å²) in [5.41, 5.74) is 3.39. The molecule has 6 heteroatoms. The lowest BCUT2D eigenvalue weighted by molar-refractivity contribution is 0.102. The molecule has 1 N–H and O–H groups in total. The van der Waals surface area contributed by atoms with Gasteiger partial charge in [0, 0.05) is 43.4 Å². The summed E-state index contributed by atoms with van der Waals surface area (Å²) in [5.74, 6) is 0.374. The van der Waals surface area contributed by atoms with Gasteiger partial charge in [0.1, 0.15) is 0 Å². The topological polar surface area (TPSA) is 61.1 Å². The molecule has 0 saturated carbocycles. The number of nitrogens with one attached hydrogen (secondary N) is 1. The number of para-hydroxylation sites is 2. The van der Waals surface area contributed by atoms with Gasteiger partial charge in [0.25, 0.3) is 5.91 Å². The molecule has 0 bridgehead atoms. The zero-order valence-corrected chi connectivity index (χ0v) is 16.4. The summed E-state index contributed by atoms with van der Waals surface area (Å²) in [6.45, 7) is 4.08. The van der Waals surface area contributed by atoms with Crippen molar-refractivity contribution in [2.45, 2.75) is 19.9 Å². The van der Waals surface area contributed by atoms with E-state index >= 15 is 0 Å². The quantitative estimate of drug-likeness (QED) is 0.452. The maximum atomic E-state index is 12.9. The van der Waals surface area contributed by atoms with Crippen molar-refractivity contribution < 1.29 is 9.53 Å². The smallest absolute Gasteiger partial charge is 0.258 e. The van der Waals surface area contributed by atoms with Crippen molar-refractivity contribution in [2.75, 3.05) is 18.5 Å². The summed E-state index contributed by atoms with van der Waals surface area (Å²) < 4.78 is 9.47. The fourth-order valence-electron chi connectivity index (χ4n) is 3.35. The van der Waals surface area contributed by atoms with Gasteiger partial charge in [-0.25, -0.2) is 4.98 Å². The molecule has 4 rings (SSSR count). The van der Waals surface area contributed by atoms with Crippen molar-refractivity contribution in [3.8, 4) is 5.69 Å². The molecule has 29 heavy (non-hydrogen) atoms. The standard InChI is InChI=1S/C23H24N4O2/c1-2-29-16-8-15-27-21-12-4-3-11-20(21)24-23(27)25-22(28)18-9-7-10-19(17-18)26-13-5-6-14-26/h3-7,9-14,17H,2,8,15-16H2,1H3,(H,24,25,28). The second kappa shape index (κ2) is 8.75. The van der Waals surface area contributed by atoms with Crippen LogP contribution in [0.2, 0.25) is 0 Å². The molecule has 148 valence electrons. The normalized spacial score (nSPS) is 11.1. The van der Waals surface area contributed by atoms with Crippen LogP contribution in [0.25, 0.3) is 16.7 Å². The van der Waals surface area contributed by atoms with Gasteiger partial charge in [0.15, 0.2) is 0 Å². The van der Waals surface area contributed by atoms with Crippen molar-refractivity contribution >= 4 is 22.9 Å². The molecule has 0 aliphatic carbocycles. The molecule has 4 aromatic rings. The molecule has 0 saturated heterocycles. The van der Waals surface area contributed by atoms with E-state index in [0.29, 0.717) is 24.7 Å². The minimum absolute atomic E-state index is 0.180. The summed E-state index contributed by atoms with van der Waals surface area (Å²) in [6.07, 6.45) is 4.75. The molecule has 0 fully saturated rings. The van der Waals surface area contributed by atoms with E-state index in [1.54, 1.807) is 0 Å². The summed E-state index contributed by atoms with van der Waals surface area (Å²) >= 11 is 0. The largest absolute Gasteiger partial charge is 0.382 e. The molecule has 2 aromatic heterocycles. The summed E-state index contributed by atoms with van der Waals surface area (Å²) in [4.78, 5) is 17.6. The van der Waals surface area contributed by atoms with Crippen LogP contribution in [0.15, 0.2) is 73.1 Å². The highest BCUT2D eigenvalue weighted by Crippen LogP contribution is 2.21. The number of rotatable bonds is 8. The Balaban J connectivity index is 1.58. The molecule has 0 unspecified atom stereocenters. The Hall–Kier alpha value is -3.38. The van der Waals surface area contributed by atoms with E-state index in [4.69, 9.17) is 4.74 Å². The Morgan fingerprint density at radius 3 is 2.72 bits per heavy atom. The highest BCUT2D eigenvalue weighted by atomic mass is 16.5. The SMILES string of the molecule is CCOCCCn1c(NC(=O)c2cccc(-n3cccc3)c2)nc2ccccc21. The van der Waals surface area contributed by atoms with Crippen LogP contribution in [0, 0.1) is 0 Å². The highest BCUT2D eigenvalue weighted by Gasteiger charge is 2.14. The van der Waals surface area contributed by atoms with Gasteiger partial charge in [0.05, 0.1) is 11.0 Å². The lowest BCUT2D eigenvalue weighted by Crippen LogP contribution is -2.17. The minimum atomic E-state index is -0.180. The molecule has 0 aliphatic heterocycles. The number of carbonyl (C=O) groups excluding carboxylic acids is 1. The Morgan fingerprint density at radius 1 is 1.07 bits per heavy atom. The number of aryl methyl sites for hydroxylation is 1. The zero-order chi connectivity index (χ0) is 20.1. The number of aromatic nitrogens is 3. The van der Waals surface area contributed by atoms with Gasteiger partial charge < -0.3 is 13.9 Å². The van der Waals surface area contributed by atoms with Crippen LogP contribution in [0.4, 0.5) is 5.95 Å². The predicted molar refractivity (Wildman–Crippen MR) is 115 cm³/mol. The molecule has 0 aliphatic rings. The molecule has 0 atom stereocenters. The first-order valence-corrected chi connectivity index (χ1v) is 9.84. The van der Waals surface area contributed by atoms with Gasteiger partial charge in [-0.1, -0.05) is 18.2 Å². The Labute approximate surface area is 169 Å². The second-order valence-electron chi connectivity index (χ2n) is 6.72. The Kier molecular flexibility index (Phi) is 5.72. The van der Waals surface area contributed by atoms with Crippen LogP contribution in [-0.4, -0.2) is 33.2 Å². The van der Waals surface area contributed by atoms with Gasteiger partial charge in [-0.05, 0) is 55.8 Å². The van der Waals surface area contributed by atoms with Gasteiger partial charge in [-0.3, -0.25) is 10.1 Å². The second-order valence-corrected chi connectivity index (χ2v) is 6.72. The van der Waals surface area contributed by atoms with Crippen LogP contribution in [-0.2, 0) is 11.3 Å². The van der Waals surface area contributed by atoms with Crippen molar-refractivity contribution in [1.82, 2.24) is 14.1 Å². The van der Waals surface area contributed by atoms with Gasteiger partial charge in [-0.2, -0.15) is 0 Å². The van der Waals surface area contributed by atoms with E-state index in [9.17, 15) is 4.79 Å². The van der Waals surface area contributed by atoms with Crippen LogP contribution in [0.1, 0.15) is 23.7 Å². The molecular formula is C23H24N4O2. The number of hydrogen-bond acceptors (Lipinski definition) is 3. The fourth-order valence-corrected chi connectivity index (χ4v) is 3.35. The average Bonchev–Trinajstić information content (AvgIpc) is 3.40. The number of nitrogens with zero attached hydrogens (tertiary/aromatic N) is 3. The van der Waals surface area contributed by atoms with Crippen molar-refractivity contribution in [3.63, 3.8) is 0 Å². The average molecular weight is 388 g/mol. The first-order chi connectivity index (χ1) is 14.3. The molecule has 2 aromatic carbocycles. The zero-order valence-electron chi connectivity index (χ0n) is 16.4. The third-order valence-corrected chi connectivity index (χ3v) is 4.77. The molecule has 1 amide bonds. The lowest BCUT2D eigenvalue weighted by atomic mass is 10.2. The van der Waals surface area contributed by atoms with Crippen LogP contribution in [0.5, 0.6) is 0 Å². The molecule has 0 spiro atoms. The van der Waals surface area contributed by atoms with E-state index in [2.05, 4.69) is 10.3 Å². The van der Waals surface area contributed by atoms with Gasteiger partial charge in [0.2, 0.25) is 5.95 Å². The third kappa shape index (κ3) is 4.22. The van der Waals surface area contributed by atoms with E-state index < -0.39 is 0 Å². The van der Waals surface area contributed by atoms with Crippen LogP contribution < -0.4 is 5.32 Å². The van der Waals surface area contributed by atoms with Gasteiger partial charge in [-0.15, -0.1) is 0 Å². The van der Waals surface area contributed by atoms with E-state index in [-0.39, 0.29) is 5.91 Å². The first-order valence-electron chi connectivity index (χ1n) is 9.84. The number of ether oxygens (including phenoxy) is 1. The Morgan fingerprint density at radius 2 is 1.90 bits per heavy atom. The number of fused-ring (bicyclic) bond motifs is 1. The number of benzene rings is 2. The number of carbonyl (C=O) groups is 1. The maximum Gasteiger partial charge on any atom is 0.258 e. The molecule has 6 nitrogen and oxygen atoms in total. The van der Waals surface area contributed by atoms with Crippen LogP contribution >= 0.6 is 0 Å². The predicted octanol–water partition coefficient (Wildman–Crippen LogP) is 4.51. The molecule has 0 radical (unpaired) electrons. The summed E-state index contributed by atoms with van der Waals surface area (Å²) in [7, 11) is 0. The van der Waals surface area contributed by atoms with E-state index in [1.165, 1.54) is 0 Å². The number of imidazole rings is 1. The molecular weight excluding hydrogens is 364 g/mol. The summed E-state index contributed by atoms with van der Waals surface area (Å²) in [6, 6.07) is 19.4. The lowest BCUT2D eigenvalue weighted by Gasteiger charge is -2.11. The van der Waals surface area contributed by atoms with Crippen LogP contribution in [0.3, 0.4) is 0 Å². The third-order valence-electron chi connectivity index (χ3n) is 4.77. The van der Waals surface area contributed by atoms with Crippen molar-refractivity contribution in [3.05, 3.63) is 78.6 Å². The van der Waals surface area contributed by atoms with E-state index in [0.717, 1.165) is 29.7 Å². The van der Waals surface area contributed by atoms with Crippen molar-refractivity contribution in [2.24, 2.45) is 0 Å².